The lowest BCUT2D eigenvalue weighted by atomic mass is 10.0. The van der Waals surface area contributed by atoms with Gasteiger partial charge in [-0.3, -0.25) is 9.88 Å². The van der Waals surface area contributed by atoms with Gasteiger partial charge in [-0.05, 0) is 44.5 Å². The van der Waals surface area contributed by atoms with E-state index in [2.05, 4.69) is 21.8 Å². The SMILES string of the molecule is C[C@H]1CCCCN1Cc1ccnc(-c2ccncc2)n1. The number of nitrogens with zero attached hydrogens (tertiary/aromatic N) is 4. The predicted molar refractivity (Wildman–Crippen MR) is 79.0 cm³/mol. The van der Waals surface area contributed by atoms with Gasteiger partial charge in [0.2, 0.25) is 0 Å². The highest BCUT2D eigenvalue weighted by Crippen LogP contribution is 2.19. The van der Waals surface area contributed by atoms with Crippen LogP contribution in [0.4, 0.5) is 0 Å². The van der Waals surface area contributed by atoms with E-state index in [1.807, 2.05) is 24.4 Å². The molecule has 20 heavy (non-hydrogen) atoms. The molecule has 2 aromatic heterocycles. The second-order valence-corrected chi connectivity index (χ2v) is 5.42. The highest BCUT2D eigenvalue weighted by molar-refractivity contribution is 5.53. The first-order valence-corrected chi connectivity index (χ1v) is 7.29. The minimum atomic E-state index is 0.656. The van der Waals surface area contributed by atoms with E-state index in [9.17, 15) is 0 Å². The normalized spacial score (nSPS) is 19.9. The third-order valence-electron chi connectivity index (χ3n) is 3.96. The van der Waals surface area contributed by atoms with Crippen LogP contribution in [0.3, 0.4) is 0 Å². The van der Waals surface area contributed by atoms with Gasteiger partial charge in [-0.25, -0.2) is 9.97 Å². The lowest BCUT2D eigenvalue weighted by Gasteiger charge is -2.32. The van der Waals surface area contributed by atoms with Gasteiger partial charge in [0.1, 0.15) is 0 Å². The maximum Gasteiger partial charge on any atom is 0.159 e. The summed E-state index contributed by atoms with van der Waals surface area (Å²) in [4.78, 5) is 15.6. The molecule has 0 aliphatic carbocycles. The van der Waals surface area contributed by atoms with Crippen LogP contribution in [0.25, 0.3) is 11.4 Å². The largest absolute Gasteiger partial charge is 0.295 e. The fourth-order valence-electron chi connectivity index (χ4n) is 2.72. The molecule has 1 atom stereocenters. The third kappa shape index (κ3) is 3.02. The molecule has 0 bridgehead atoms. The van der Waals surface area contributed by atoms with Crippen molar-refractivity contribution in [3.63, 3.8) is 0 Å². The molecule has 0 amide bonds. The number of aromatic nitrogens is 3. The molecule has 104 valence electrons. The molecule has 3 rings (SSSR count). The lowest BCUT2D eigenvalue weighted by Crippen LogP contribution is -2.37. The van der Waals surface area contributed by atoms with Gasteiger partial charge in [0, 0.05) is 36.7 Å². The van der Waals surface area contributed by atoms with Crippen LogP contribution in [0.1, 0.15) is 31.9 Å². The summed E-state index contributed by atoms with van der Waals surface area (Å²) >= 11 is 0. The Labute approximate surface area is 119 Å². The zero-order valence-electron chi connectivity index (χ0n) is 11.9. The van der Waals surface area contributed by atoms with E-state index in [1.54, 1.807) is 12.4 Å². The minimum absolute atomic E-state index is 0.656. The zero-order valence-corrected chi connectivity index (χ0v) is 11.9. The topological polar surface area (TPSA) is 41.9 Å². The average molecular weight is 268 g/mol. The van der Waals surface area contributed by atoms with E-state index in [0.717, 1.165) is 23.6 Å². The van der Waals surface area contributed by atoms with E-state index < -0.39 is 0 Å². The first-order chi connectivity index (χ1) is 9.83. The van der Waals surface area contributed by atoms with Crippen LogP contribution in [0.2, 0.25) is 0 Å². The van der Waals surface area contributed by atoms with Crippen LogP contribution in [-0.4, -0.2) is 32.4 Å². The Morgan fingerprint density at radius 2 is 2.00 bits per heavy atom. The molecule has 2 aromatic rings. The summed E-state index contributed by atoms with van der Waals surface area (Å²) in [6.07, 6.45) is 9.35. The van der Waals surface area contributed by atoms with Gasteiger partial charge in [0.05, 0.1) is 5.69 Å². The molecule has 0 N–H and O–H groups in total. The van der Waals surface area contributed by atoms with Gasteiger partial charge in [0.25, 0.3) is 0 Å². The van der Waals surface area contributed by atoms with Crippen LogP contribution in [0.15, 0.2) is 36.8 Å². The Hall–Kier alpha value is -1.81. The molecule has 0 radical (unpaired) electrons. The Kier molecular flexibility index (Phi) is 4.02. The Balaban J connectivity index is 1.78. The second kappa shape index (κ2) is 6.09. The molecule has 0 spiro atoms. The molecule has 4 nitrogen and oxygen atoms in total. The van der Waals surface area contributed by atoms with Crippen molar-refractivity contribution in [2.24, 2.45) is 0 Å². The molecule has 0 unspecified atom stereocenters. The van der Waals surface area contributed by atoms with Crippen molar-refractivity contribution in [3.05, 3.63) is 42.5 Å². The van der Waals surface area contributed by atoms with E-state index >= 15 is 0 Å². The molecule has 0 aromatic carbocycles. The molecular formula is C16H20N4. The minimum Gasteiger partial charge on any atom is -0.295 e. The van der Waals surface area contributed by atoms with E-state index in [4.69, 9.17) is 4.98 Å². The lowest BCUT2D eigenvalue weighted by molar-refractivity contribution is 0.151. The van der Waals surface area contributed by atoms with E-state index in [1.165, 1.54) is 25.8 Å². The van der Waals surface area contributed by atoms with Crippen LogP contribution in [0.5, 0.6) is 0 Å². The van der Waals surface area contributed by atoms with Crippen LogP contribution >= 0.6 is 0 Å². The zero-order chi connectivity index (χ0) is 13.8. The number of rotatable bonds is 3. The quantitative estimate of drug-likeness (QED) is 0.858. The summed E-state index contributed by atoms with van der Waals surface area (Å²) in [5, 5.41) is 0. The van der Waals surface area contributed by atoms with Crippen molar-refractivity contribution < 1.29 is 0 Å². The van der Waals surface area contributed by atoms with Gasteiger partial charge >= 0.3 is 0 Å². The van der Waals surface area contributed by atoms with Gasteiger partial charge in [-0.2, -0.15) is 0 Å². The number of pyridine rings is 1. The van der Waals surface area contributed by atoms with Crippen LogP contribution in [0, 0.1) is 0 Å². The molecule has 4 heteroatoms. The Morgan fingerprint density at radius 1 is 1.15 bits per heavy atom. The number of hydrogen-bond donors (Lipinski definition) is 0. The first kappa shape index (κ1) is 13.2. The first-order valence-electron chi connectivity index (χ1n) is 7.29. The summed E-state index contributed by atoms with van der Waals surface area (Å²) in [6.45, 7) is 4.40. The second-order valence-electron chi connectivity index (χ2n) is 5.42. The number of likely N-dealkylation sites (tertiary alicyclic amines) is 1. The molecule has 1 aliphatic rings. The van der Waals surface area contributed by atoms with Gasteiger partial charge in [-0.15, -0.1) is 0 Å². The highest BCUT2D eigenvalue weighted by Gasteiger charge is 2.18. The fraction of sp³-hybridized carbons (Fsp3) is 0.438. The smallest absolute Gasteiger partial charge is 0.159 e. The summed E-state index contributed by atoms with van der Waals surface area (Å²) in [5.74, 6) is 0.787. The van der Waals surface area contributed by atoms with Gasteiger partial charge < -0.3 is 0 Å². The van der Waals surface area contributed by atoms with E-state index in [-0.39, 0.29) is 0 Å². The number of hydrogen-bond acceptors (Lipinski definition) is 4. The predicted octanol–water partition coefficient (Wildman–Crippen LogP) is 2.91. The van der Waals surface area contributed by atoms with Gasteiger partial charge in [0.15, 0.2) is 5.82 Å². The summed E-state index contributed by atoms with van der Waals surface area (Å²) < 4.78 is 0. The fourth-order valence-corrected chi connectivity index (χ4v) is 2.72. The summed E-state index contributed by atoms with van der Waals surface area (Å²) in [6, 6.07) is 6.57. The Bertz CT molecular complexity index is 555. The third-order valence-corrected chi connectivity index (χ3v) is 3.96. The van der Waals surface area contributed by atoms with Crippen molar-refractivity contribution in [1.29, 1.82) is 0 Å². The number of piperidine rings is 1. The van der Waals surface area contributed by atoms with Crippen LogP contribution in [-0.2, 0) is 6.54 Å². The molecule has 1 saturated heterocycles. The average Bonchev–Trinajstić information content (AvgIpc) is 2.51. The maximum absolute atomic E-state index is 4.69. The molecule has 1 fully saturated rings. The molecule has 1 aliphatic heterocycles. The van der Waals surface area contributed by atoms with Gasteiger partial charge in [-0.1, -0.05) is 6.42 Å². The molecular weight excluding hydrogens is 248 g/mol. The maximum atomic E-state index is 4.69. The highest BCUT2D eigenvalue weighted by atomic mass is 15.2. The van der Waals surface area contributed by atoms with Crippen molar-refractivity contribution in [1.82, 2.24) is 19.9 Å². The molecule has 0 saturated carbocycles. The summed E-state index contributed by atoms with van der Waals surface area (Å²) in [5.41, 5.74) is 2.12. The Morgan fingerprint density at radius 3 is 2.80 bits per heavy atom. The van der Waals surface area contributed by atoms with Crippen molar-refractivity contribution in [3.8, 4) is 11.4 Å². The van der Waals surface area contributed by atoms with Crippen molar-refractivity contribution in [2.75, 3.05) is 6.54 Å². The van der Waals surface area contributed by atoms with Crippen molar-refractivity contribution in [2.45, 2.75) is 38.8 Å². The van der Waals surface area contributed by atoms with Crippen molar-refractivity contribution >= 4 is 0 Å². The standard InChI is InChI=1S/C16H20N4/c1-13-4-2-3-11-20(13)12-15-7-10-18-16(19-15)14-5-8-17-9-6-14/h5-10,13H,2-4,11-12H2,1H3/t13-/m0/s1. The summed E-state index contributed by atoms with van der Waals surface area (Å²) in [7, 11) is 0. The van der Waals surface area contributed by atoms with E-state index in [0.29, 0.717) is 6.04 Å². The van der Waals surface area contributed by atoms with Crippen LogP contribution < -0.4 is 0 Å². The monoisotopic (exact) mass is 268 g/mol. The molecule has 3 heterocycles.